The summed E-state index contributed by atoms with van der Waals surface area (Å²) in [5.41, 5.74) is 1.23. The molecule has 0 atom stereocenters. The van der Waals surface area contributed by atoms with E-state index in [0.717, 1.165) is 0 Å². The average molecular weight is 277 g/mol. The minimum Gasteiger partial charge on any atom is -0.358 e. The molecule has 96 valence electrons. The first-order valence-electron chi connectivity index (χ1n) is 5.18. The number of nitrogens with one attached hydrogen (secondary N) is 1. The fourth-order valence-corrected chi connectivity index (χ4v) is 2.37. The molecule has 0 aliphatic rings. The molecule has 1 N–H and O–H groups in total. The molecule has 0 aliphatic heterocycles. The molecule has 3 aromatic heterocycles. The van der Waals surface area contributed by atoms with Crippen LogP contribution in [0.1, 0.15) is 5.82 Å². The van der Waals surface area contributed by atoms with Gasteiger partial charge in [-0.1, -0.05) is 0 Å². The maximum atomic E-state index is 10.7. The Morgan fingerprint density at radius 3 is 3.00 bits per heavy atom. The molecule has 0 aromatic carbocycles. The molecule has 0 aliphatic carbocycles. The molecule has 0 saturated carbocycles. The minimum atomic E-state index is -0.532. The third kappa shape index (κ3) is 2.01. The Balaban J connectivity index is 2.01. The van der Waals surface area contributed by atoms with Crippen molar-refractivity contribution in [3.05, 3.63) is 34.8 Å². The van der Waals surface area contributed by atoms with Gasteiger partial charge in [0, 0.05) is 18.9 Å². The summed E-state index contributed by atoms with van der Waals surface area (Å²) >= 11 is 1.21. The summed E-state index contributed by atoms with van der Waals surface area (Å²) in [6.45, 7) is 1.69. The topological polar surface area (TPSA) is 115 Å². The molecule has 9 nitrogen and oxygen atoms in total. The normalized spacial score (nSPS) is 11.0. The summed E-state index contributed by atoms with van der Waals surface area (Å²) in [7, 11) is 0. The van der Waals surface area contributed by atoms with E-state index in [1.807, 2.05) is 0 Å². The SMILES string of the molecule is Cc1nc([N+](=O)[O-])cn1Sc1ncnc2nc[nH]c12. The van der Waals surface area contributed by atoms with Crippen LogP contribution in [0.3, 0.4) is 0 Å². The summed E-state index contributed by atoms with van der Waals surface area (Å²) in [5.74, 6) is 0.322. The van der Waals surface area contributed by atoms with Crippen LogP contribution in [0.25, 0.3) is 11.2 Å². The third-order valence-corrected chi connectivity index (χ3v) is 3.44. The lowest BCUT2D eigenvalue weighted by Crippen LogP contribution is -1.92. The van der Waals surface area contributed by atoms with Crippen molar-refractivity contribution < 1.29 is 4.92 Å². The second kappa shape index (κ2) is 4.31. The van der Waals surface area contributed by atoms with Gasteiger partial charge >= 0.3 is 5.82 Å². The van der Waals surface area contributed by atoms with E-state index in [9.17, 15) is 10.1 Å². The maximum Gasteiger partial charge on any atom is 0.382 e. The van der Waals surface area contributed by atoms with Gasteiger partial charge in [0.25, 0.3) is 0 Å². The van der Waals surface area contributed by atoms with E-state index in [0.29, 0.717) is 22.0 Å². The van der Waals surface area contributed by atoms with E-state index in [2.05, 4.69) is 24.9 Å². The molecule has 19 heavy (non-hydrogen) atoms. The number of aromatic nitrogens is 6. The van der Waals surface area contributed by atoms with Crippen LogP contribution < -0.4 is 0 Å². The molecule has 3 rings (SSSR count). The zero-order valence-corrected chi connectivity index (χ0v) is 10.5. The number of aromatic amines is 1. The quantitative estimate of drug-likeness (QED) is 0.436. The first kappa shape index (κ1) is 11.6. The number of H-pyrrole nitrogens is 1. The molecule has 0 radical (unpaired) electrons. The smallest absolute Gasteiger partial charge is 0.358 e. The second-order valence-corrected chi connectivity index (χ2v) is 4.56. The van der Waals surface area contributed by atoms with Gasteiger partial charge in [-0.2, -0.15) is 0 Å². The molecule has 10 heteroatoms. The second-order valence-electron chi connectivity index (χ2n) is 3.60. The number of hydrogen-bond donors (Lipinski definition) is 1. The molecular weight excluding hydrogens is 270 g/mol. The Bertz CT molecular complexity index is 765. The summed E-state index contributed by atoms with van der Waals surface area (Å²) in [4.78, 5) is 29.1. The van der Waals surface area contributed by atoms with Crippen LogP contribution in [0, 0.1) is 17.0 Å². The van der Waals surface area contributed by atoms with Gasteiger partial charge in [-0.15, -0.1) is 0 Å². The van der Waals surface area contributed by atoms with Crippen molar-refractivity contribution in [2.75, 3.05) is 0 Å². The van der Waals surface area contributed by atoms with Crippen LogP contribution in [-0.2, 0) is 0 Å². The number of nitrogens with zero attached hydrogens (tertiary/aromatic N) is 6. The van der Waals surface area contributed by atoms with Crippen LogP contribution in [0.15, 0.2) is 23.9 Å². The van der Waals surface area contributed by atoms with E-state index in [1.54, 1.807) is 10.9 Å². The lowest BCUT2D eigenvalue weighted by molar-refractivity contribution is -0.389. The lowest BCUT2D eigenvalue weighted by Gasteiger charge is -2.00. The highest BCUT2D eigenvalue weighted by molar-refractivity contribution is 7.98. The van der Waals surface area contributed by atoms with E-state index >= 15 is 0 Å². The molecule has 0 unspecified atom stereocenters. The van der Waals surface area contributed by atoms with Gasteiger partial charge in [-0.05, 0) is 9.91 Å². The number of nitro groups is 1. The van der Waals surface area contributed by atoms with Gasteiger partial charge in [-0.3, -0.25) is 0 Å². The van der Waals surface area contributed by atoms with E-state index in [-0.39, 0.29) is 5.82 Å². The van der Waals surface area contributed by atoms with E-state index in [1.165, 1.54) is 30.8 Å². The van der Waals surface area contributed by atoms with Gasteiger partial charge in [-0.25, -0.2) is 18.9 Å². The van der Waals surface area contributed by atoms with Crippen molar-refractivity contribution >= 4 is 28.9 Å². The predicted molar refractivity (Wildman–Crippen MR) is 66.6 cm³/mol. The Labute approximate surface area is 110 Å². The molecule has 0 amide bonds. The zero-order chi connectivity index (χ0) is 13.4. The monoisotopic (exact) mass is 277 g/mol. The minimum absolute atomic E-state index is 0.195. The number of fused-ring (bicyclic) bond motifs is 1. The molecule has 0 fully saturated rings. The van der Waals surface area contributed by atoms with Gasteiger partial charge in [0.15, 0.2) is 5.65 Å². The van der Waals surface area contributed by atoms with E-state index in [4.69, 9.17) is 0 Å². The average Bonchev–Trinajstić information content (AvgIpc) is 2.97. The van der Waals surface area contributed by atoms with Gasteiger partial charge in [0.2, 0.25) is 5.82 Å². The van der Waals surface area contributed by atoms with Crippen LogP contribution in [0.2, 0.25) is 0 Å². The van der Waals surface area contributed by atoms with Crippen molar-refractivity contribution in [2.45, 2.75) is 11.9 Å². The number of aryl methyl sites for hydroxylation is 1. The largest absolute Gasteiger partial charge is 0.382 e. The van der Waals surface area contributed by atoms with Crippen molar-refractivity contribution in [1.29, 1.82) is 0 Å². The summed E-state index contributed by atoms with van der Waals surface area (Å²) in [6.07, 6.45) is 4.27. The Hall–Kier alpha value is -2.49. The molecule has 3 aromatic rings. The number of imidazole rings is 2. The highest BCUT2D eigenvalue weighted by Crippen LogP contribution is 2.26. The van der Waals surface area contributed by atoms with Crippen molar-refractivity contribution in [3.8, 4) is 0 Å². The molecule has 3 heterocycles. The summed E-state index contributed by atoms with van der Waals surface area (Å²) in [6, 6.07) is 0. The van der Waals surface area contributed by atoms with Gasteiger partial charge < -0.3 is 15.1 Å². The Morgan fingerprint density at radius 1 is 1.42 bits per heavy atom. The first-order valence-corrected chi connectivity index (χ1v) is 5.95. The van der Waals surface area contributed by atoms with Crippen LogP contribution in [0.4, 0.5) is 5.82 Å². The Morgan fingerprint density at radius 2 is 2.26 bits per heavy atom. The fraction of sp³-hybridized carbons (Fsp3) is 0.111. The van der Waals surface area contributed by atoms with Crippen LogP contribution in [-0.4, -0.2) is 33.8 Å². The number of hydrogen-bond acceptors (Lipinski definition) is 7. The Kier molecular flexibility index (Phi) is 2.63. The third-order valence-electron chi connectivity index (χ3n) is 2.39. The van der Waals surface area contributed by atoms with Crippen LogP contribution >= 0.6 is 11.9 Å². The van der Waals surface area contributed by atoms with Crippen LogP contribution in [0.5, 0.6) is 0 Å². The molecule has 0 spiro atoms. The van der Waals surface area contributed by atoms with Gasteiger partial charge in [0.05, 0.1) is 6.33 Å². The van der Waals surface area contributed by atoms with E-state index < -0.39 is 4.92 Å². The number of rotatable bonds is 3. The van der Waals surface area contributed by atoms with Gasteiger partial charge in [0.1, 0.15) is 23.1 Å². The van der Waals surface area contributed by atoms with Crippen molar-refractivity contribution in [2.24, 2.45) is 0 Å². The highest BCUT2D eigenvalue weighted by atomic mass is 32.2. The highest BCUT2D eigenvalue weighted by Gasteiger charge is 2.17. The molecule has 0 bridgehead atoms. The maximum absolute atomic E-state index is 10.7. The van der Waals surface area contributed by atoms with Crippen molar-refractivity contribution in [3.63, 3.8) is 0 Å². The van der Waals surface area contributed by atoms with Crippen molar-refractivity contribution in [1.82, 2.24) is 28.9 Å². The standard InChI is InChI=1S/C9H7N7O2S/c1-5-14-6(16(17)18)2-15(5)19-9-7-8(11-3-10-7)12-4-13-9/h2-4H,1H3,(H,10,11,12,13). The first-order chi connectivity index (χ1) is 9.15. The predicted octanol–water partition coefficient (Wildman–Crippen LogP) is 1.32. The molecular formula is C9H7N7O2S. The lowest BCUT2D eigenvalue weighted by atomic mass is 10.6. The fourth-order valence-electron chi connectivity index (χ4n) is 1.53. The molecule has 0 saturated heterocycles. The zero-order valence-electron chi connectivity index (χ0n) is 9.64. The summed E-state index contributed by atoms with van der Waals surface area (Å²) in [5, 5.41) is 11.3. The summed E-state index contributed by atoms with van der Waals surface area (Å²) < 4.78 is 1.58.